The van der Waals surface area contributed by atoms with Crippen LogP contribution < -0.4 is 14.2 Å². The number of rotatable bonds is 4. The van der Waals surface area contributed by atoms with E-state index in [9.17, 15) is 9.00 Å². The van der Waals surface area contributed by atoms with Crippen molar-refractivity contribution in [2.45, 2.75) is 32.1 Å². The standard InChI is InChI=1S/C17H25NO4.C2H6OS/c1-20-14-11-13(12-15(21-2)16(14)22-3)17(19)18-9-7-5-4-6-8-10-18;1-4(2)3/h11-12H,4-10H2,1-3H3;1-2H3. The van der Waals surface area contributed by atoms with Gasteiger partial charge >= 0.3 is 0 Å². The normalized spacial score (nSPS) is 14.6. The maximum Gasteiger partial charge on any atom is 0.254 e. The number of benzene rings is 1. The number of nitrogens with zero attached hydrogens (tertiary/aromatic N) is 1. The van der Waals surface area contributed by atoms with E-state index in [1.165, 1.54) is 19.3 Å². The summed E-state index contributed by atoms with van der Waals surface area (Å²) in [6.07, 6.45) is 9.07. The highest BCUT2D eigenvalue weighted by molar-refractivity contribution is 7.83. The van der Waals surface area contributed by atoms with Crippen molar-refractivity contribution in [2.24, 2.45) is 0 Å². The molecule has 6 nitrogen and oxygen atoms in total. The molecule has 148 valence electrons. The van der Waals surface area contributed by atoms with Gasteiger partial charge in [0.25, 0.3) is 5.91 Å². The Hall–Kier alpha value is -1.76. The van der Waals surface area contributed by atoms with Gasteiger partial charge in [-0.1, -0.05) is 19.3 Å². The van der Waals surface area contributed by atoms with Crippen LogP contribution in [-0.4, -0.2) is 61.9 Å². The minimum Gasteiger partial charge on any atom is -0.493 e. The lowest BCUT2D eigenvalue weighted by Crippen LogP contribution is -2.33. The fourth-order valence-corrected chi connectivity index (χ4v) is 2.84. The maximum absolute atomic E-state index is 12.8. The first-order chi connectivity index (χ1) is 12.4. The van der Waals surface area contributed by atoms with Gasteiger partial charge in [0.15, 0.2) is 11.5 Å². The van der Waals surface area contributed by atoms with Gasteiger partial charge in [-0.2, -0.15) is 0 Å². The largest absolute Gasteiger partial charge is 0.493 e. The van der Waals surface area contributed by atoms with Gasteiger partial charge in [0.2, 0.25) is 5.75 Å². The molecule has 1 saturated heterocycles. The summed E-state index contributed by atoms with van der Waals surface area (Å²) >= 11 is 0. The Morgan fingerprint density at radius 2 is 1.31 bits per heavy atom. The van der Waals surface area contributed by atoms with Crippen molar-refractivity contribution in [3.8, 4) is 17.2 Å². The minimum absolute atomic E-state index is 0.0288. The van der Waals surface area contributed by atoms with E-state index >= 15 is 0 Å². The summed E-state index contributed by atoms with van der Waals surface area (Å²) in [5, 5.41) is 0. The van der Waals surface area contributed by atoms with Crippen LogP contribution in [0.1, 0.15) is 42.5 Å². The van der Waals surface area contributed by atoms with Crippen LogP contribution >= 0.6 is 0 Å². The monoisotopic (exact) mass is 385 g/mol. The second kappa shape index (κ2) is 11.8. The molecule has 0 N–H and O–H groups in total. The van der Waals surface area contributed by atoms with Gasteiger partial charge in [-0.25, -0.2) is 0 Å². The van der Waals surface area contributed by atoms with Gasteiger partial charge in [0.1, 0.15) is 0 Å². The van der Waals surface area contributed by atoms with E-state index in [0.29, 0.717) is 22.8 Å². The van der Waals surface area contributed by atoms with Crippen LogP contribution in [0.25, 0.3) is 0 Å². The zero-order chi connectivity index (χ0) is 19.5. The number of hydrogen-bond acceptors (Lipinski definition) is 5. The molecule has 0 radical (unpaired) electrons. The van der Waals surface area contributed by atoms with Crippen molar-refractivity contribution in [3.05, 3.63) is 17.7 Å². The summed E-state index contributed by atoms with van der Waals surface area (Å²) in [5.41, 5.74) is 0.579. The Morgan fingerprint density at radius 3 is 1.69 bits per heavy atom. The van der Waals surface area contributed by atoms with Crippen molar-refractivity contribution in [2.75, 3.05) is 46.9 Å². The Labute approximate surface area is 159 Å². The molecule has 0 aromatic heterocycles. The van der Waals surface area contributed by atoms with E-state index in [2.05, 4.69) is 0 Å². The van der Waals surface area contributed by atoms with Crippen LogP contribution in [0.5, 0.6) is 17.2 Å². The first kappa shape index (κ1) is 22.3. The third kappa shape index (κ3) is 6.86. The summed E-state index contributed by atoms with van der Waals surface area (Å²) in [6.45, 7) is 1.63. The fraction of sp³-hybridized carbons (Fsp3) is 0.632. The Bertz CT molecular complexity index is 569. The first-order valence-electron chi connectivity index (χ1n) is 8.79. The zero-order valence-electron chi connectivity index (χ0n) is 16.5. The van der Waals surface area contributed by atoms with E-state index < -0.39 is 10.8 Å². The predicted octanol–water partition coefficient (Wildman–Crippen LogP) is 3.11. The van der Waals surface area contributed by atoms with Crippen molar-refractivity contribution in [1.29, 1.82) is 0 Å². The lowest BCUT2D eigenvalue weighted by atomic mass is 10.1. The smallest absolute Gasteiger partial charge is 0.254 e. The molecule has 1 amide bonds. The molecular weight excluding hydrogens is 354 g/mol. The highest BCUT2D eigenvalue weighted by Gasteiger charge is 2.21. The molecule has 0 saturated carbocycles. The molecule has 1 aliphatic rings. The molecule has 1 aromatic rings. The molecule has 26 heavy (non-hydrogen) atoms. The maximum atomic E-state index is 12.8. The Balaban J connectivity index is 0.000000765. The average Bonchev–Trinajstić information content (AvgIpc) is 2.59. The third-order valence-electron chi connectivity index (χ3n) is 4.05. The summed E-state index contributed by atoms with van der Waals surface area (Å²) in [6, 6.07) is 3.45. The summed E-state index contributed by atoms with van der Waals surface area (Å²) in [7, 11) is 4.06. The number of hydrogen-bond donors (Lipinski definition) is 0. The van der Waals surface area contributed by atoms with Gasteiger partial charge in [-0.05, 0) is 25.0 Å². The Morgan fingerprint density at radius 1 is 0.885 bits per heavy atom. The Kier molecular flexibility index (Phi) is 10.1. The van der Waals surface area contributed by atoms with Gasteiger partial charge in [-0.3, -0.25) is 9.00 Å². The summed E-state index contributed by atoms with van der Waals surface area (Å²) in [5.74, 6) is 1.56. The van der Waals surface area contributed by atoms with Crippen LogP contribution in [-0.2, 0) is 10.8 Å². The van der Waals surface area contributed by atoms with Crippen LogP contribution in [0.3, 0.4) is 0 Å². The second-order valence-corrected chi connectivity index (χ2v) is 7.70. The van der Waals surface area contributed by atoms with E-state index in [4.69, 9.17) is 14.2 Å². The van der Waals surface area contributed by atoms with Gasteiger partial charge in [-0.15, -0.1) is 0 Å². The number of amides is 1. The van der Waals surface area contributed by atoms with Gasteiger partial charge < -0.3 is 19.1 Å². The number of likely N-dealkylation sites (tertiary alicyclic amines) is 1. The molecular formula is C19H31NO5S. The number of carbonyl (C=O) groups excluding carboxylic acids is 1. The first-order valence-corrected chi connectivity index (χ1v) is 10.8. The SMILES string of the molecule is COc1cc(C(=O)N2CCCCCCC2)cc(OC)c1OC.CS(C)=O. The molecule has 7 heteroatoms. The van der Waals surface area contributed by atoms with E-state index in [1.54, 1.807) is 46.0 Å². The number of carbonyl (C=O) groups is 1. The molecule has 0 unspecified atom stereocenters. The molecule has 0 aliphatic carbocycles. The van der Waals surface area contributed by atoms with Gasteiger partial charge in [0, 0.05) is 42.0 Å². The van der Waals surface area contributed by atoms with Crippen LogP contribution in [0.2, 0.25) is 0 Å². The molecule has 1 fully saturated rings. The van der Waals surface area contributed by atoms with Crippen molar-refractivity contribution in [3.63, 3.8) is 0 Å². The zero-order valence-corrected chi connectivity index (χ0v) is 17.3. The molecule has 1 aromatic carbocycles. The van der Waals surface area contributed by atoms with E-state index in [1.807, 2.05) is 4.90 Å². The topological polar surface area (TPSA) is 65.1 Å². The predicted molar refractivity (Wildman–Crippen MR) is 105 cm³/mol. The minimum atomic E-state index is -0.611. The molecule has 0 atom stereocenters. The number of methoxy groups -OCH3 is 3. The molecule has 0 spiro atoms. The molecule has 1 aliphatic heterocycles. The van der Waals surface area contributed by atoms with E-state index in [-0.39, 0.29) is 5.91 Å². The average molecular weight is 386 g/mol. The van der Waals surface area contributed by atoms with Crippen LogP contribution in [0.4, 0.5) is 0 Å². The van der Waals surface area contributed by atoms with Crippen LogP contribution in [0.15, 0.2) is 12.1 Å². The van der Waals surface area contributed by atoms with Crippen molar-refractivity contribution >= 4 is 16.7 Å². The quantitative estimate of drug-likeness (QED) is 0.797. The highest BCUT2D eigenvalue weighted by atomic mass is 32.2. The lowest BCUT2D eigenvalue weighted by Gasteiger charge is -2.25. The molecule has 0 bridgehead atoms. The number of ether oxygens (including phenoxy) is 3. The van der Waals surface area contributed by atoms with Crippen molar-refractivity contribution < 1.29 is 23.2 Å². The van der Waals surface area contributed by atoms with E-state index in [0.717, 1.165) is 25.9 Å². The highest BCUT2D eigenvalue weighted by Crippen LogP contribution is 2.38. The second-order valence-electron chi connectivity index (χ2n) is 6.22. The lowest BCUT2D eigenvalue weighted by molar-refractivity contribution is 0.0741. The summed E-state index contributed by atoms with van der Waals surface area (Å²) in [4.78, 5) is 14.7. The molecule has 2 rings (SSSR count). The fourth-order valence-electron chi connectivity index (χ4n) is 2.84. The van der Waals surface area contributed by atoms with Gasteiger partial charge in [0.05, 0.1) is 21.3 Å². The van der Waals surface area contributed by atoms with Crippen LogP contribution in [0, 0.1) is 0 Å². The molecule has 1 heterocycles. The summed E-state index contributed by atoms with van der Waals surface area (Å²) < 4.78 is 25.5. The third-order valence-corrected chi connectivity index (χ3v) is 4.05. The van der Waals surface area contributed by atoms with Crippen molar-refractivity contribution in [1.82, 2.24) is 4.90 Å².